The van der Waals surface area contributed by atoms with E-state index in [2.05, 4.69) is 41.5 Å². The molecule has 0 bridgehead atoms. The predicted octanol–water partition coefficient (Wildman–Crippen LogP) is 2.65. The number of nitrogens with one attached hydrogen (secondary N) is 1. The van der Waals surface area contributed by atoms with Crippen molar-refractivity contribution in [1.29, 1.82) is 0 Å². The first kappa shape index (κ1) is 10.7. The minimum atomic E-state index is 0.816. The molecule has 0 fully saturated rings. The second-order valence-corrected chi connectivity index (χ2v) is 4.10. The molecule has 0 atom stereocenters. The lowest BCUT2D eigenvalue weighted by atomic mass is 10.1. The molecule has 0 aliphatic heterocycles. The Labute approximate surface area is 96.1 Å². The summed E-state index contributed by atoms with van der Waals surface area (Å²) in [4.78, 5) is 4.41. The van der Waals surface area contributed by atoms with Gasteiger partial charge in [0.15, 0.2) is 0 Å². The van der Waals surface area contributed by atoms with E-state index in [1.54, 1.807) is 0 Å². The number of imidazole rings is 1. The molecule has 0 spiro atoms. The molecule has 0 saturated heterocycles. The third-order valence-corrected chi connectivity index (χ3v) is 2.70. The van der Waals surface area contributed by atoms with Crippen LogP contribution in [-0.4, -0.2) is 9.55 Å². The van der Waals surface area contributed by atoms with Gasteiger partial charge in [-0.05, 0) is 25.0 Å². The number of hydrogen-bond donors (Lipinski definition) is 1. The predicted molar refractivity (Wildman–Crippen MR) is 66.5 cm³/mol. The van der Waals surface area contributed by atoms with Crippen molar-refractivity contribution < 1.29 is 0 Å². The van der Waals surface area contributed by atoms with E-state index < -0.39 is 0 Å². The van der Waals surface area contributed by atoms with Crippen LogP contribution in [0.25, 0.3) is 0 Å². The minimum absolute atomic E-state index is 0.816. The standard InChI is InChI=1S/C13H17N3/c1-10-6-4-5-7-12(10)8-14-13-15-11(2)9-16(13)3/h4-7,9H,8H2,1-3H3,(H,14,15). The summed E-state index contributed by atoms with van der Waals surface area (Å²) in [6.45, 7) is 4.94. The molecule has 1 aromatic carbocycles. The molecule has 3 heteroatoms. The van der Waals surface area contributed by atoms with Crippen molar-refractivity contribution in [3.8, 4) is 0 Å². The first-order valence-corrected chi connectivity index (χ1v) is 5.45. The SMILES string of the molecule is Cc1cn(C)c(NCc2ccccc2C)n1. The Morgan fingerprint density at radius 1 is 1.25 bits per heavy atom. The second kappa shape index (κ2) is 4.39. The molecule has 1 N–H and O–H groups in total. The third-order valence-electron chi connectivity index (χ3n) is 2.70. The maximum absolute atomic E-state index is 4.41. The maximum atomic E-state index is 4.41. The van der Waals surface area contributed by atoms with Crippen LogP contribution in [0.15, 0.2) is 30.5 Å². The summed E-state index contributed by atoms with van der Waals surface area (Å²) in [6, 6.07) is 8.39. The van der Waals surface area contributed by atoms with Crippen molar-refractivity contribution in [1.82, 2.24) is 9.55 Å². The number of hydrogen-bond acceptors (Lipinski definition) is 2. The molecular weight excluding hydrogens is 198 g/mol. The van der Waals surface area contributed by atoms with Gasteiger partial charge in [0.05, 0.1) is 5.69 Å². The minimum Gasteiger partial charge on any atom is -0.352 e. The third kappa shape index (κ3) is 2.24. The van der Waals surface area contributed by atoms with Crippen molar-refractivity contribution in [2.75, 3.05) is 5.32 Å². The quantitative estimate of drug-likeness (QED) is 0.853. The summed E-state index contributed by atoms with van der Waals surface area (Å²) in [6.07, 6.45) is 2.01. The maximum Gasteiger partial charge on any atom is 0.203 e. The van der Waals surface area contributed by atoms with Gasteiger partial charge in [-0.25, -0.2) is 4.98 Å². The lowest BCUT2D eigenvalue weighted by molar-refractivity contribution is 0.898. The molecule has 0 aliphatic carbocycles. The Bertz CT molecular complexity index is 486. The summed E-state index contributed by atoms with van der Waals surface area (Å²) in [5, 5.41) is 3.34. The Morgan fingerprint density at radius 3 is 2.62 bits per heavy atom. The molecule has 0 saturated carbocycles. The van der Waals surface area contributed by atoms with Gasteiger partial charge in [-0.2, -0.15) is 0 Å². The van der Waals surface area contributed by atoms with Gasteiger partial charge in [-0.1, -0.05) is 24.3 Å². The monoisotopic (exact) mass is 215 g/mol. The summed E-state index contributed by atoms with van der Waals surface area (Å²) < 4.78 is 2.01. The Morgan fingerprint density at radius 2 is 2.00 bits per heavy atom. The first-order valence-electron chi connectivity index (χ1n) is 5.45. The molecule has 1 heterocycles. The number of rotatable bonds is 3. The van der Waals surface area contributed by atoms with E-state index >= 15 is 0 Å². The zero-order valence-corrected chi connectivity index (χ0v) is 9.99. The molecule has 0 amide bonds. The van der Waals surface area contributed by atoms with Crippen LogP contribution >= 0.6 is 0 Å². The Balaban J connectivity index is 2.08. The highest BCUT2D eigenvalue weighted by Gasteiger charge is 2.02. The van der Waals surface area contributed by atoms with Crippen LogP contribution in [0.4, 0.5) is 5.95 Å². The topological polar surface area (TPSA) is 29.9 Å². The van der Waals surface area contributed by atoms with Crippen molar-refractivity contribution >= 4 is 5.95 Å². The van der Waals surface area contributed by atoms with E-state index in [-0.39, 0.29) is 0 Å². The highest BCUT2D eigenvalue weighted by molar-refractivity contribution is 5.33. The van der Waals surface area contributed by atoms with Crippen LogP contribution in [0, 0.1) is 13.8 Å². The Hall–Kier alpha value is -1.77. The molecule has 16 heavy (non-hydrogen) atoms. The van der Waals surface area contributed by atoms with Gasteiger partial charge in [0.1, 0.15) is 0 Å². The summed E-state index contributed by atoms with van der Waals surface area (Å²) in [5.74, 6) is 0.917. The molecule has 0 radical (unpaired) electrons. The van der Waals surface area contributed by atoms with Crippen LogP contribution in [-0.2, 0) is 13.6 Å². The van der Waals surface area contributed by atoms with Crippen molar-refractivity contribution in [2.24, 2.45) is 7.05 Å². The summed E-state index contributed by atoms with van der Waals surface area (Å²) >= 11 is 0. The van der Waals surface area contributed by atoms with Gasteiger partial charge in [-0.15, -0.1) is 0 Å². The molecule has 0 aliphatic rings. The van der Waals surface area contributed by atoms with E-state index in [0.717, 1.165) is 18.2 Å². The van der Waals surface area contributed by atoms with Crippen molar-refractivity contribution in [3.05, 3.63) is 47.3 Å². The van der Waals surface area contributed by atoms with Gasteiger partial charge in [-0.3, -0.25) is 0 Å². The fourth-order valence-electron chi connectivity index (χ4n) is 1.76. The summed E-state index contributed by atoms with van der Waals surface area (Å²) in [5.41, 5.74) is 3.65. The van der Waals surface area contributed by atoms with Crippen molar-refractivity contribution in [3.63, 3.8) is 0 Å². The van der Waals surface area contributed by atoms with Gasteiger partial charge >= 0.3 is 0 Å². The number of aromatic nitrogens is 2. The number of nitrogens with zero attached hydrogens (tertiary/aromatic N) is 2. The zero-order valence-electron chi connectivity index (χ0n) is 9.99. The zero-order chi connectivity index (χ0) is 11.5. The number of aryl methyl sites for hydroxylation is 3. The Kier molecular flexibility index (Phi) is 2.95. The van der Waals surface area contributed by atoms with E-state index in [4.69, 9.17) is 0 Å². The molecular formula is C13H17N3. The number of benzene rings is 1. The smallest absolute Gasteiger partial charge is 0.203 e. The van der Waals surface area contributed by atoms with E-state index in [1.807, 2.05) is 24.7 Å². The second-order valence-electron chi connectivity index (χ2n) is 4.10. The molecule has 0 unspecified atom stereocenters. The molecule has 1 aromatic heterocycles. The molecule has 3 nitrogen and oxygen atoms in total. The fraction of sp³-hybridized carbons (Fsp3) is 0.308. The number of anilines is 1. The van der Waals surface area contributed by atoms with Gasteiger partial charge in [0.2, 0.25) is 5.95 Å². The van der Waals surface area contributed by atoms with E-state index in [0.29, 0.717) is 0 Å². The average Bonchev–Trinajstić information content (AvgIpc) is 2.56. The molecule has 2 aromatic rings. The summed E-state index contributed by atoms with van der Waals surface area (Å²) in [7, 11) is 2.00. The van der Waals surface area contributed by atoms with Gasteiger partial charge in [0, 0.05) is 19.8 Å². The van der Waals surface area contributed by atoms with Gasteiger partial charge < -0.3 is 9.88 Å². The van der Waals surface area contributed by atoms with E-state index in [9.17, 15) is 0 Å². The van der Waals surface area contributed by atoms with Crippen LogP contribution < -0.4 is 5.32 Å². The fourth-order valence-corrected chi connectivity index (χ4v) is 1.76. The lowest BCUT2D eigenvalue weighted by Crippen LogP contribution is -2.05. The molecule has 2 rings (SSSR count). The van der Waals surface area contributed by atoms with Crippen LogP contribution in [0.1, 0.15) is 16.8 Å². The van der Waals surface area contributed by atoms with Crippen LogP contribution in [0.2, 0.25) is 0 Å². The lowest BCUT2D eigenvalue weighted by Gasteiger charge is -2.08. The van der Waals surface area contributed by atoms with E-state index in [1.165, 1.54) is 11.1 Å². The normalized spacial score (nSPS) is 10.4. The van der Waals surface area contributed by atoms with Crippen LogP contribution in [0.5, 0.6) is 0 Å². The average molecular weight is 215 g/mol. The highest BCUT2D eigenvalue weighted by Crippen LogP contribution is 2.11. The largest absolute Gasteiger partial charge is 0.352 e. The molecule has 84 valence electrons. The van der Waals surface area contributed by atoms with Gasteiger partial charge in [0.25, 0.3) is 0 Å². The first-order chi connectivity index (χ1) is 7.66. The highest BCUT2D eigenvalue weighted by atomic mass is 15.2. The van der Waals surface area contributed by atoms with Crippen molar-refractivity contribution in [2.45, 2.75) is 20.4 Å². The van der Waals surface area contributed by atoms with Crippen LogP contribution in [0.3, 0.4) is 0 Å².